The summed E-state index contributed by atoms with van der Waals surface area (Å²) >= 11 is 0. The number of rotatable bonds is 5. The number of benzene rings is 2. The third-order valence-corrected chi connectivity index (χ3v) is 5.17. The van der Waals surface area contributed by atoms with E-state index in [-0.39, 0.29) is 16.7 Å². The van der Waals surface area contributed by atoms with Crippen LogP contribution in [0.4, 0.5) is 11.4 Å². The molecule has 0 radical (unpaired) electrons. The Hall–Kier alpha value is -2.71. The Labute approximate surface area is 146 Å². The number of hydrogen-bond acceptors (Lipinski definition) is 4. The van der Waals surface area contributed by atoms with Gasteiger partial charge in [-0.15, -0.1) is 0 Å². The molecule has 2 aromatic carbocycles. The van der Waals surface area contributed by atoms with Crippen LogP contribution in [0.25, 0.3) is 0 Å². The molecule has 2 rings (SSSR count). The molecule has 25 heavy (non-hydrogen) atoms. The van der Waals surface area contributed by atoms with Crippen LogP contribution in [0, 0.1) is 0 Å². The number of amides is 2. The van der Waals surface area contributed by atoms with Gasteiger partial charge in [0.2, 0.25) is 15.9 Å². The average molecular weight is 361 g/mol. The topological polar surface area (TPSA) is 95.6 Å². The molecule has 0 aliphatic heterocycles. The molecule has 2 aromatic rings. The highest BCUT2D eigenvalue weighted by molar-refractivity contribution is 7.89. The summed E-state index contributed by atoms with van der Waals surface area (Å²) in [7, 11) is -0.649. The number of sulfonamides is 1. The second-order valence-electron chi connectivity index (χ2n) is 5.53. The lowest BCUT2D eigenvalue weighted by molar-refractivity contribution is -0.114. The van der Waals surface area contributed by atoms with Crippen LogP contribution in [0.3, 0.4) is 0 Å². The molecule has 0 bridgehead atoms. The first-order valence-electron chi connectivity index (χ1n) is 7.42. The van der Waals surface area contributed by atoms with Crippen LogP contribution in [-0.2, 0) is 14.8 Å². The molecule has 0 fully saturated rings. The van der Waals surface area contributed by atoms with Gasteiger partial charge in [-0.1, -0.05) is 6.07 Å². The molecule has 0 aromatic heterocycles. The molecule has 2 N–H and O–H groups in total. The normalized spacial score (nSPS) is 11.2. The van der Waals surface area contributed by atoms with Gasteiger partial charge < -0.3 is 10.6 Å². The van der Waals surface area contributed by atoms with Crippen molar-refractivity contribution in [1.29, 1.82) is 0 Å². The van der Waals surface area contributed by atoms with Gasteiger partial charge in [-0.2, -0.15) is 0 Å². The molecule has 0 unspecified atom stereocenters. The molecule has 2 amide bonds. The van der Waals surface area contributed by atoms with Crippen LogP contribution in [0.15, 0.2) is 53.4 Å². The van der Waals surface area contributed by atoms with Gasteiger partial charge in [0, 0.05) is 38.0 Å². The van der Waals surface area contributed by atoms with Crippen LogP contribution in [0.1, 0.15) is 17.3 Å². The lowest BCUT2D eigenvalue weighted by atomic mass is 10.2. The molecule has 8 heteroatoms. The summed E-state index contributed by atoms with van der Waals surface area (Å²) in [6.45, 7) is 1.40. The highest BCUT2D eigenvalue weighted by Gasteiger charge is 2.17. The van der Waals surface area contributed by atoms with Gasteiger partial charge in [-0.05, 0) is 42.5 Å². The van der Waals surface area contributed by atoms with Crippen LogP contribution in [0.2, 0.25) is 0 Å². The van der Waals surface area contributed by atoms with E-state index in [0.717, 1.165) is 4.31 Å². The van der Waals surface area contributed by atoms with Gasteiger partial charge in [-0.25, -0.2) is 12.7 Å². The van der Waals surface area contributed by atoms with Gasteiger partial charge in [0.1, 0.15) is 0 Å². The van der Waals surface area contributed by atoms with Gasteiger partial charge in [0.05, 0.1) is 4.90 Å². The maximum Gasteiger partial charge on any atom is 0.255 e. The zero-order valence-corrected chi connectivity index (χ0v) is 14.9. The third-order valence-electron chi connectivity index (χ3n) is 3.34. The highest BCUT2D eigenvalue weighted by Crippen LogP contribution is 2.18. The molecule has 0 aliphatic rings. The first-order valence-corrected chi connectivity index (χ1v) is 8.86. The maximum absolute atomic E-state index is 12.3. The number of nitrogens with zero attached hydrogens (tertiary/aromatic N) is 1. The standard InChI is InChI=1S/C17H19N3O4S/c1-12(21)18-14-5-4-6-15(11-14)19-17(22)13-7-9-16(10-8-13)25(23,24)20(2)3/h4-11H,1-3H3,(H,18,21)(H,19,22). The van der Waals surface area contributed by atoms with E-state index in [1.807, 2.05) is 0 Å². The van der Waals surface area contributed by atoms with Crippen molar-refractivity contribution < 1.29 is 18.0 Å². The zero-order valence-electron chi connectivity index (χ0n) is 14.1. The summed E-state index contributed by atoms with van der Waals surface area (Å²) in [5.74, 6) is -0.588. The zero-order chi connectivity index (χ0) is 18.6. The molecule has 0 spiro atoms. The summed E-state index contributed by atoms with van der Waals surface area (Å²) in [6.07, 6.45) is 0. The largest absolute Gasteiger partial charge is 0.326 e. The van der Waals surface area contributed by atoms with Gasteiger partial charge in [0.15, 0.2) is 0 Å². The molecule has 0 aliphatic carbocycles. The van der Waals surface area contributed by atoms with Crippen molar-refractivity contribution in [1.82, 2.24) is 4.31 Å². The number of carbonyl (C=O) groups is 2. The van der Waals surface area contributed by atoms with Crippen molar-refractivity contribution in [2.45, 2.75) is 11.8 Å². The molecule has 7 nitrogen and oxygen atoms in total. The quantitative estimate of drug-likeness (QED) is 0.853. The third kappa shape index (κ3) is 4.65. The van der Waals surface area contributed by atoms with Crippen LogP contribution >= 0.6 is 0 Å². The van der Waals surface area contributed by atoms with Crippen LogP contribution in [0.5, 0.6) is 0 Å². The maximum atomic E-state index is 12.3. The molecule has 0 saturated carbocycles. The average Bonchev–Trinajstić information content (AvgIpc) is 2.54. The first-order chi connectivity index (χ1) is 11.7. The summed E-state index contributed by atoms with van der Waals surface area (Å²) in [5.41, 5.74) is 1.40. The summed E-state index contributed by atoms with van der Waals surface area (Å²) < 4.78 is 25.1. The minimum absolute atomic E-state index is 0.113. The van der Waals surface area contributed by atoms with Crippen molar-refractivity contribution in [3.05, 3.63) is 54.1 Å². The summed E-state index contributed by atoms with van der Waals surface area (Å²) in [5, 5.41) is 5.33. The van der Waals surface area contributed by atoms with E-state index >= 15 is 0 Å². The minimum atomic E-state index is -3.53. The Morgan fingerprint density at radius 1 is 0.920 bits per heavy atom. The van der Waals surface area contributed by atoms with E-state index in [1.165, 1.54) is 45.3 Å². The lowest BCUT2D eigenvalue weighted by Crippen LogP contribution is -2.22. The van der Waals surface area contributed by atoms with E-state index in [4.69, 9.17) is 0 Å². The predicted octanol–water partition coefficient (Wildman–Crippen LogP) is 2.15. The van der Waals surface area contributed by atoms with Crippen molar-refractivity contribution in [3.63, 3.8) is 0 Å². The molecular weight excluding hydrogens is 342 g/mol. The van der Waals surface area contributed by atoms with E-state index in [9.17, 15) is 18.0 Å². The summed E-state index contributed by atoms with van der Waals surface area (Å²) in [4.78, 5) is 23.5. The van der Waals surface area contributed by atoms with E-state index in [0.29, 0.717) is 16.9 Å². The number of hydrogen-bond donors (Lipinski definition) is 2. The second kappa shape index (κ2) is 7.45. The monoisotopic (exact) mass is 361 g/mol. The fourth-order valence-electron chi connectivity index (χ4n) is 2.07. The van der Waals surface area contributed by atoms with E-state index in [1.54, 1.807) is 24.3 Å². The smallest absolute Gasteiger partial charge is 0.255 e. The van der Waals surface area contributed by atoms with E-state index < -0.39 is 10.0 Å². The fraction of sp³-hybridized carbons (Fsp3) is 0.176. The molecule has 132 valence electrons. The number of nitrogens with one attached hydrogen (secondary N) is 2. The molecular formula is C17H19N3O4S. The SMILES string of the molecule is CC(=O)Nc1cccc(NC(=O)c2ccc(S(=O)(=O)N(C)C)cc2)c1. The Bertz CT molecular complexity index is 890. The van der Waals surface area contributed by atoms with Gasteiger partial charge in [-0.3, -0.25) is 9.59 Å². The van der Waals surface area contributed by atoms with Crippen molar-refractivity contribution >= 4 is 33.2 Å². The highest BCUT2D eigenvalue weighted by atomic mass is 32.2. The van der Waals surface area contributed by atoms with Crippen molar-refractivity contribution in [2.24, 2.45) is 0 Å². The number of carbonyl (C=O) groups excluding carboxylic acids is 2. The Balaban J connectivity index is 2.15. The Kier molecular flexibility index (Phi) is 5.55. The van der Waals surface area contributed by atoms with Crippen LogP contribution in [-0.4, -0.2) is 38.6 Å². The fourth-order valence-corrected chi connectivity index (χ4v) is 2.97. The second-order valence-corrected chi connectivity index (χ2v) is 7.68. The minimum Gasteiger partial charge on any atom is -0.326 e. The van der Waals surface area contributed by atoms with Crippen molar-refractivity contribution in [2.75, 3.05) is 24.7 Å². The molecule has 0 heterocycles. The van der Waals surface area contributed by atoms with Gasteiger partial charge >= 0.3 is 0 Å². The molecule has 0 saturated heterocycles. The van der Waals surface area contributed by atoms with E-state index in [2.05, 4.69) is 10.6 Å². The lowest BCUT2D eigenvalue weighted by Gasteiger charge is -2.12. The Morgan fingerprint density at radius 3 is 2.00 bits per heavy atom. The molecule has 0 atom stereocenters. The summed E-state index contributed by atoms with van der Waals surface area (Å²) in [6, 6.07) is 12.4. The van der Waals surface area contributed by atoms with Gasteiger partial charge in [0.25, 0.3) is 5.91 Å². The number of anilines is 2. The van der Waals surface area contributed by atoms with Crippen molar-refractivity contribution in [3.8, 4) is 0 Å². The predicted molar refractivity (Wildman–Crippen MR) is 96.0 cm³/mol. The first kappa shape index (κ1) is 18.6. The van der Waals surface area contributed by atoms with Crippen LogP contribution < -0.4 is 10.6 Å². The Morgan fingerprint density at radius 2 is 1.48 bits per heavy atom.